The van der Waals surface area contributed by atoms with Crippen molar-refractivity contribution in [2.45, 2.75) is 17.7 Å². The Morgan fingerprint density at radius 2 is 2.00 bits per heavy atom. The fourth-order valence-corrected chi connectivity index (χ4v) is 4.05. The Morgan fingerprint density at radius 3 is 2.53 bits per heavy atom. The lowest BCUT2D eigenvalue weighted by atomic mass is 10.1. The predicted molar refractivity (Wildman–Crippen MR) is 65.8 cm³/mol. The normalized spacial score (nSPS) is 17.8. The lowest BCUT2D eigenvalue weighted by molar-refractivity contribution is 0.402. The number of nitrogens with two attached hydrogens (primary N) is 1. The molecule has 0 radical (unpaired) electrons. The molecule has 1 aliphatic carbocycles. The molecular formula is C12H17NO3S. The van der Waals surface area contributed by atoms with Crippen LogP contribution in [0.4, 0.5) is 0 Å². The fourth-order valence-electron chi connectivity index (χ4n) is 1.94. The second kappa shape index (κ2) is 4.31. The molecule has 2 rings (SSSR count). The average molecular weight is 255 g/mol. The van der Waals surface area contributed by atoms with Crippen molar-refractivity contribution in [1.29, 1.82) is 0 Å². The van der Waals surface area contributed by atoms with Crippen LogP contribution in [0.1, 0.15) is 12.8 Å². The second-order valence-corrected chi connectivity index (χ2v) is 6.57. The molecule has 0 bridgehead atoms. The minimum Gasteiger partial charge on any atom is -0.495 e. The van der Waals surface area contributed by atoms with Gasteiger partial charge >= 0.3 is 0 Å². The zero-order chi connectivity index (χ0) is 12.5. The van der Waals surface area contributed by atoms with Crippen molar-refractivity contribution in [3.05, 3.63) is 24.3 Å². The smallest absolute Gasteiger partial charge is 0.182 e. The predicted octanol–water partition coefficient (Wildman–Crippen LogP) is 1.21. The van der Waals surface area contributed by atoms with E-state index in [0.29, 0.717) is 12.3 Å². The molecule has 0 aliphatic heterocycles. The van der Waals surface area contributed by atoms with Crippen molar-refractivity contribution in [2.75, 3.05) is 19.4 Å². The molecule has 0 atom stereocenters. The summed E-state index contributed by atoms with van der Waals surface area (Å²) in [6.45, 7) is 0.432. The van der Waals surface area contributed by atoms with Crippen LogP contribution >= 0.6 is 0 Å². The van der Waals surface area contributed by atoms with E-state index in [1.165, 1.54) is 7.11 Å². The van der Waals surface area contributed by atoms with Crippen LogP contribution in [0.2, 0.25) is 0 Å². The summed E-state index contributed by atoms with van der Waals surface area (Å²) in [5, 5.41) is 0. The van der Waals surface area contributed by atoms with E-state index in [-0.39, 0.29) is 16.1 Å². The number of para-hydroxylation sites is 1. The third-order valence-electron chi connectivity index (χ3n) is 3.29. The molecule has 0 spiro atoms. The van der Waals surface area contributed by atoms with Gasteiger partial charge < -0.3 is 10.5 Å². The summed E-state index contributed by atoms with van der Waals surface area (Å²) in [5.41, 5.74) is 5.43. The second-order valence-electron chi connectivity index (χ2n) is 4.61. The Bertz CT molecular complexity index is 506. The summed E-state index contributed by atoms with van der Waals surface area (Å²) in [4.78, 5) is 0.266. The van der Waals surface area contributed by atoms with Gasteiger partial charge in [-0.1, -0.05) is 12.1 Å². The lowest BCUT2D eigenvalue weighted by Crippen LogP contribution is -2.25. The third-order valence-corrected chi connectivity index (χ3v) is 5.29. The number of hydrogen-bond donors (Lipinski definition) is 1. The molecule has 1 aliphatic rings. The SMILES string of the molecule is COc1ccccc1S(=O)(=O)CC1(CN)CC1. The van der Waals surface area contributed by atoms with Gasteiger partial charge in [-0.15, -0.1) is 0 Å². The maximum Gasteiger partial charge on any atom is 0.182 e. The Kier molecular flexibility index (Phi) is 3.14. The number of hydrogen-bond acceptors (Lipinski definition) is 4. The number of ether oxygens (including phenoxy) is 1. The lowest BCUT2D eigenvalue weighted by Gasteiger charge is -2.14. The van der Waals surface area contributed by atoms with E-state index in [0.717, 1.165) is 12.8 Å². The highest BCUT2D eigenvalue weighted by Crippen LogP contribution is 2.47. The average Bonchev–Trinajstić information content (AvgIpc) is 3.09. The molecule has 1 saturated carbocycles. The largest absolute Gasteiger partial charge is 0.495 e. The monoisotopic (exact) mass is 255 g/mol. The molecule has 0 amide bonds. The van der Waals surface area contributed by atoms with Crippen LogP contribution in [0, 0.1) is 5.41 Å². The van der Waals surface area contributed by atoms with Crippen molar-refractivity contribution in [3.63, 3.8) is 0 Å². The van der Waals surface area contributed by atoms with Gasteiger partial charge in [-0.05, 0) is 36.9 Å². The van der Waals surface area contributed by atoms with Gasteiger partial charge in [0.1, 0.15) is 10.6 Å². The summed E-state index contributed by atoms with van der Waals surface area (Å²) in [7, 11) is -1.84. The first kappa shape index (κ1) is 12.4. The number of rotatable bonds is 5. The highest BCUT2D eigenvalue weighted by molar-refractivity contribution is 7.91. The Balaban J connectivity index is 2.32. The van der Waals surface area contributed by atoms with Crippen molar-refractivity contribution in [1.82, 2.24) is 0 Å². The van der Waals surface area contributed by atoms with Crippen LogP contribution in [-0.4, -0.2) is 27.8 Å². The van der Waals surface area contributed by atoms with E-state index in [4.69, 9.17) is 10.5 Å². The van der Waals surface area contributed by atoms with Crippen molar-refractivity contribution in [2.24, 2.45) is 11.1 Å². The molecule has 94 valence electrons. The zero-order valence-electron chi connectivity index (χ0n) is 9.85. The standard InChI is InChI=1S/C12H17NO3S/c1-16-10-4-2-3-5-11(10)17(14,15)9-12(8-13)6-7-12/h2-5H,6-9,13H2,1H3. The molecule has 4 nitrogen and oxygen atoms in total. The van der Waals surface area contributed by atoms with E-state index in [2.05, 4.69) is 0 Å². The molecule has 0 unspecified atom stereocenters. The highest BCUT2D eigenvalue weighted by atomic mass is 32.2. The summed E-state index contributed by atoms with van der Waals surface area (Å²) < 4.78 is 29.7. The van der Waals surface area contributed by atoms with Crippen LogP contribution in [-0.2, 0) is 9.84 Å². The summed E-state index contributed by atoms with van der Waals surface area (Å²) in [6.07, 6.45) is 1.80. The molecule has 17 heavy (non-hydrogen) atoms. The number of sulfone groups is 1. The van der Waals surface area contributed by atoms with Crippen LogP contribution in [0.5, 0.6) is 5.75 Å². The molecule has 0 saturated heterocycles. The maximum absolute atomic E-state index is 12.3. The Labute approximate surface area is 102 Å². The molecule has 1 aromatic carbocycles. The van der Waals surface area contributed by atoms with E-state index in [9.17, 15) is 8.42 Å². The number of benzene rings is 1. The van der Waals surface area contributed by atoms with Crippen molar-refractivity contribution < 1.29 is 13.2 Å². The quantitative estimate of drug-likeness (QED) is 0.858. The summed E-state index contributed by atoms with van der Waals surface area (Å²) in [5.74, 6) is 0.525. The highest BCUT2D eigenvalue weighted by Gasteiger charge is 2.45. The topological polar surface area (TPSA) is 69.4 Å². The molecule has 5 heteroatoms. The van der Waals surface area contributed by atoms with Gasteiger partial charge in [0.05, 0.1) is 12.9 Å². The molecule has 1 aromatic rings. The third kappa shape index (κ3) is 2.45. The van der Waals surface area contributed by atoms with E-state index >= 15 is 0 Å². The van der Waals surface area contributed by atoms with Gasteiger partial charge in [0.15, 0.2) is 9.84 Å². The summed E-state index contributed by atoms with van der Waals surface area (Å²) >= 11 is 0. The van der Waals surface area contributed by atoms with Gasteiger partial charge in [-0.25, -0.2) is 8.42 Å². The fraction of sp³-hybridized carbons (Fsp3) is 0.500. The maximum atomic E-state index is 12.3. The van der Waals surface area contributed by atoms with Crippen molar-refractivity contribution in [3.8, 4) is 5.75 Å². The molecular weight excluding hydrogens is 238 g/mol. The molecule has 0 aromatic heterocycles. The molecule has 0 heterocycles. The first-order chi connectivity index (χ1) is 8.03. The minimum absolute atomic E-state index is 0.122. The Morgan fingerprint density at radius 1 is 1.35 bits per heavy atom. The van der Waals surface area contributed by atoms with Gasteiger partial charge in [-0.3, -0.25) is 0 Å². The van der Waals surface area contributed by atoms with E-state index < -0.39 is 9.84 Å². The summed E-state index contributed by atoms with van der Waals surface area (Å²) in [6, 6.07) is 6.71. The van der Waals surface area contributed by atoms with Gasteiger partial charge in [0.25, 0.3) is 0 Å². The minimum atomic E-state index is -3.32. The van der Waals surface area contributed by atoms with Gasteiger partial charge in [0.2, 0.25) is 0 Å². The van der Waals surface area contributed by atoms with Gasteiger partial charge in [0, 0.05) is 0 Å². The zero-order valence-corrected chi connectivity index (χ0v) is 10.7. The number of methoxy groups -OCH3 is 1. The van der Waals surface area contributed by atoms with Crippen LogP contribution in [0.15, 0.2) is 29.2 Å². The van der Waals surface area contributed by atoms with E-state index in [1.807, 2.05) is 0 Å². The first-order valence-electron chi connectivity index (χ1n) is 5.59. The first-order valence-corrected chi connectivity index (χ1v) is 7.24. The Hall–Kier alpha value is -1.07. The van der Waals surface area contributed by atoms with Crippen LogP contribution in [0.3, 0.4) is 0 Å². The molecule has 1 fully saturated rings. The molecule has 2 N–H and O–H groups in total. The van der Waals surface area contributed by atoms with Crippen molar-refractivity contribution >= 4 is 9.84 Å². The van der Waals surface area contributed by atoms with Crippen LogP contribution in [0.25, 0.3) is 0 Å². The van der Waals surface area contributed by atoms with E-state index in [1.54, 1.807) is 24.3 Å². The van der Waals surface area contributed by atoms with Crippen LogP contribution < -0.4 is 10.5 Å². The van der Waals surface area contributed by atoms with Gasteiger partial charge in [-0.2, -0.15) is 0 Å².